The maximum Gasteiger partial charge on any atom is 0.335 e. The summed E-state index contributed by atoms with van der Waals surface area (Å²) in [6.45, 7) is 2.82. The quantitative estimate of drug-likeness (QED) is 0.727. The Morgan fingerprint density at radius 3 is 2.45 bits per heavy atom. The SMILES string of the molecule is O=C(O)c1ccc(NC(C(=O)O[C@H]2CN3CCC2CC3)c2cccc(F)c2)cc1. The van der Waals surface area contributed by atoms with E-state index < -0.39 is 23.8 Å². The van der Waals surface area contributed by atoms with Gasteiger partial charge in [0.1, 0.15) is 11.9 Å². The smallest absolute Gasteiger partial charge is 0.335 e. The van der Waals surface area contributed by atoms with Crippen molar-refractivity contribution in [2.24, 2.45) is 5.92 Å². The molecule has 0 aliphatic carbocycles. The lowest BCUT2D eigenvalue weighted by Gasteiger charge is -2.44. The van der Waals surface area contributed by atoms with Crippen LogP contribution in [0.2, 0.25) is 0 Å². The van der Waals surface area contributed by atoms with Crippen LogP contribution in [0, 0.1) is 11.7 Å². The van der Waals surface area contributed by atoms with Crippen LogP contribution in [0.5, 0.6) is 0 Å². The average Bonchev–Trinajstić information content (AvgIpc) is 2.73. The van der Waals surface area contributed by atoms with Gasteiger partial charge in [-0.25, -0.2) is 14.0 Å². The third-order valence-electron chi connectivity index (χ3n) is 5.72. The van der Waals surface area contributed by atoms with Gasteiger partial charge in [-0.05, 0) is 73.8 Å². The molecule has 29 heavy (non-hydrogen) atoms. The van der Waals surface area contributed by atoms with Crippen molar-refractivity contribution in [2.45, 2.75) is 25.0 Å². The second kappa shape index (κ2) is 8.21. The Hall–Kier alpha value is -2.93. The molecular formula is C22H23FN2O4. The van der Waals surface area contributed by atoms with Crippen LogP contribution in [0.1, 0.15) is 34.8 Å². The molecular weight excluding hydrogens is 375 g/mol. The summed E-state index contributed by atoms with van der Waals surface area (Å²) in [4.78, 5) is 26.4. The molecule has 0 radical (unpaired) electrons. The summed E-state index contributed by atoms with van der Waals surface area (Å²) in [6.07, 6.45) is 1.89. The number of halogens is 1. The predicted molar refractivity (Wildman–Crippen MR) is 105 cm³/mol. The minimum Gasteiger partial charge on any atom is -0.478 e. The monoisotopic (exact) mass is 398 g/mol. The van der Waals surface area contributed by atoms with E-state index in [1.165, 1.54) is 24.3 Å². The van der Waals surface area contributed by atoms with Crippen molar-refractivity contribution in [3.8, 4) is 0 Å². The van der Waals surface area contributed by atoms with Gasteiger partial charge in [-0.15, -0.1) is 0 Å². The van der Waals surface area contributed by atoms with E-state index in [9.17, 15) is 14.0 Å². The molecule has 2 aromatic rings. The molecule has 2 aromatic carbocycles. The molecule has 3 fully saturated rings. The molecule has 3 heterocycles. The Balaban J connectivity index is 1.54. The number of esters is 1. The highest BCUT2D eigenvalue weighted by molar-refractivity contribution is 5.88. The van der Waals surface area contributed by atoms with Gasteiger partial charge in [0.15, 0.2) is 6.04 Å². The van der Waals surface area contributed by atoms with Crippen LogP contribution in [0.4, 0.5) is 10.1 Å². The number of piperidine rings is 3. The van der Waals surface area contributed by atoms with Crippen molar-refractivity contribution in [1.29, 1.82) is 0 Å². The average molecular weight is 398 g/mol. The van der Waals surface area contributed by atoms with Crippen LogP contribution in [-0.2, 0) is 9.53 Å². The first-order valence-corrected chi connectivity index (χ1v) is 9.78. The fraction of sp³-hybridized carbons (Fsp3) is 0.364. The lowest BCUT2D eigenvalue weighted by atomic mass is 9.86. The summed E-state index contributed by atoms with van der Waals surface area (Å²) in [5.74, 6) is -1.56. The number of rotatable bonds is 6. The van der Waals surface area contributed by atoms with E-state index in [-0.39, 0.29) is 11.7 Å². The number of nitrogens with zero attached hydrogens (tertiary/aromatic N) is 1. The van der Waals surface area contributed by atoms with Crippen molar-refractivity contribution in [2.75, 3.05) is 25.0 Å². The van der Waals surface area contributed by atoms with Crippen molar-refractivity contribution < 1.29 is 23.8 Å². The zero-order valence-corrected chi connectivity index (χ0v) is 15.9. The van der Waals surface area contributed by atoms with Crippen LogP contribution >= 0.6 is 0 Å². The van der Waals surface area contributed by atoms with E-state index in [1.54, 1.807) is 24.3 Å². The summed E-state index contributed by atoms with van der Waals surface area (Å²) in [6, 6.07) is 11.0. The number of nitrogens with one attached hydrogen (secondary N) is 1. The molecule has 3 saturated heterocycles. The van der Waals surface area contributed by atoms with Gasteiger partial charge in [-0.3, -0.25) is 4.90 Å². The number of aromatic carboxylic acids is 1. The zero-order valence-electron chi connectivity index (χ0n) is 15.9. The highest BCUT2D eigenvalue weighted by atomic mass is 19.1. The number of carbonyl (C=O) groups is 2. The third kappa shape index (κ3) is 4.40. The molecule has 0 spiro atoms. The van der Waals surface area contributed by atoms with Gasteiger partial charge < -0.3 is 15.2 Å². The Kier molecular flexibility index (Phi) is 5.49. The summed E-state index contributed by atoms with van der Waals surface area (Å²) >= 11 is 0. The van der Waals surface area contributed by atoms with Gasteiger partial charge in [0.25, 0.3) is 0 Å². The number of fused-ring (bicyclic) bond motifs is 3. The number of benzene rings is 2. The van der Waals surface area contributed by atoms with Crippen molar-refractivity contribution in [1.82, 2.24) is 4.90 Å². The maximum atomic E-state index is 13.8. The van der Waals surface area contributed by atoms with E-state index >= 15 is 0 Å². The molecule has 3 aliphatic rings. The minimum absolute atomic E-state index is 0.146. The number of carboxylic acid groups (broad SMARTS) is 1. The molecule has 2 bridgehead atoms. The van der Waals surface area contributed by atoms with Crippen molar-refractivity contribution >= 4 is 17.6 Å². The van der Waals surface area contributed by atoms with Crippen LogP contribution in [-0.4, -0.2) is 47.7 Å². The lowest BCUT2D eigenvalue weighted by Crippen LogP contribution is -2.52. The van der Waals surface area contributed by atoms with Gasteiger partial charge in [-0.1, -0.05) is 12.1 Å². The largest absolute Gasteiger partial charge is 0.478 e. The molecule has 1 unspecified atom stereocenters. The molecule has 0 amide bonds. The topological polar surface area (TPSA) is 78.9 Å². The minimum atomic E-state index is -1.03. The first-order valence-electron chi connectivity index (χ1n) is 9.78. The molecule has 0 saturated carbocycles. The first-order chi connectivity index (χ1) is 14.0. The van der Waals surface area contributed by atoms with Crippen LogP contribution in [0.25, 0.3) is 0 Å². The fourth-order valence-electron chi connectivity index (χ4n) is 4.10. The van der Waals surface area contributed by atoms with Crippen molar-refractivity contribution in [3.05, 3.63) is 65.5 Å². The summed E-state index contributed by atoms with van der Waals surface area (Å²) < 4.78 is 19.7. The van der Waals surface area contributed by atoms with E-state index in [2.05, 4.69) is 10.2 Å². The molecule has 7 heteroatoms. The van der Waals surface area contributed by atoms with Gasteiger partial charge >= 0.3 is 11.9 Å². The van der Waals surface area contributed by atoms with E-state index in [4.69, 9.17) is 9.84 Å². The normalized spacial score (nSPS) is 24.0. The molecule has 6 nitrogen and oxygen atoms in total. The van der Waals surface area contributed by atoms with Crippen LogP contribution in [0.15, 0.2) is 48.5 Å². The first kappa shape index (κ1) is 19.4. The second-order valence-electron chi connectivity index (χ2n) is 7.63. The number of hydrogen-bond acceptors (Lipinski definition) is 5. The maximum absolute atomic E-state index is 13.8. The number of carbonyl (C=O) groups excluding carboxylic acids is 1. The van der Waals surface area contributed by atoms with E-state index in [1.807, 2.05) is 0 Å². The summed E-state index contributed by atoms with van der Waals surface area (Å²) in [7, 11) is 0. The molecule has 2 atom stereocenters. The molecule has 2 N–H and O–H groups in total. The fourth-order valence-corrected chi connectivity index (χ4v) is 4.10. The summed E-state index contributed by atoms with van der Waals surface area (Å²) in [5, 5.41) is 12.1. The highest BCUT2D eigenvalue weighted by Gasteiger charge is 2.38. The highest BCUT2D eigenvalue weighted by Crippen LogP contribution is 2.31. The van der Waals surface area contributed by atoms with E-state index in [0.29, 0.717) is 17.2 Å². The van der Waals surface area contributed by atoms with Crippen molar-refractivity contribution in [3.63, 3.8) is 0 Å². The Morgan fingerprint density at radius 1 is 1.14 bits per heavy atom. The number of anilines is 1. The lowest BCUT2D eigenvalue weighted by molar-refractivity contribution is -0.159. The predicted octanol–water partition coefficient (Wildman–Crippen LogP) is 3.31. The van der Waals surface area contributed by atoms with Gasteiger partial charge in [-0.2, -0.15) is 0 Å². The van der Waals surface area contributed by atoms with Crippen LogP contribution < -0.4 is 5.32 Å². The third-order valence-corrected chi connectivity index (χ3v) is 5.72. The molecule has 5 rings (SSSR count). The molecule has 152 valence electrons. The standard InChI is InChI=1S/C22H23FN2O4/c23-17-3-1-2-16(12-17)20(24-18-6-4-15(5-7-18)21(26)27)22(28)29-19-13-25-10-8-14(19)9-11-25/h1-7,12,14,19-20,24H,8-11,13H2,(H,26,27)/t19-,20?/m0/s1. The Labute approximate surface area is 168 Å². The zero-order chi connectivity index (χ0) is 20.4. The van der Waals surface area contributed by atoms with Gasteiger partial charge in [0.2, 0.25) is 0 Å². The molecule has 0 aromatic heterocycles. The number of hydrogen-bond donors (Lipinski definition) is 2. The summed E-state index contributed by atoms with van der Waals surface area (Å²) in [5.41, 5.74) is 1.15. The number of carboxylic acids is 1. The van der Waals surface area contributed by atoms with Gasteiger partial charge in [0.05, 0.1) is 5.56 Å². The number of ether oxygens (including phenoxy) is 1. The molecule has 3 aliphatic heterocycles. The Morgan fingerprint density at radius 2 is 1.86 bits per heavy atom. The second-order valence-corrected chi connectivity index (χ2v) is 7.63. The van der Waals surface area contributed by atoms with E-state index in [0.717, 1.165) is 32.5 Å². The Bertz CT molecular complexity index is 894. The van der Waals surface area contributed by atoms with Crippen LogP contribution in [0.3, 0.4) is 0 Å². The van der Waals surface area contributed by atoms with Gasteiger partial charge in [0, 0.05) is 12.2 Å².